The Morgan fingerprint density at radius 1 is 1.40 bits per heavy atom. The summed E-state index contributed by atoms with van der Waals surface area (Å²) < 4.78 is 6.31. The molecule has 1 atom stereocenters. The summed E-state index contributed by atoms with van der Waals surface area (Å²) >= 11 is 1.99. The third kappa shape index (κ3) is 4.09. The number of likely N-dealkylation sites (tertiary alicyclic amines) is 1. The van der Waals surface area contributed by atoms with Crippen LogP contribution in [0.1, 0.15) is 44.1 Å². The zero-order valence-electron chi connectivity index (χ0n) is 14.7. The van der Waals surface area contributed by atoms with Crippen LogP contribution in [0.5, 0.6) is 0 Å². The number of nitrogens with zero attached hydrogens (tertiary/aromatic N) is 2. The molecule has 2 saturated heterocycles. The van der Waals surface area contributed by atoms with E-state index in [2.05, 4.69) is 17.1 Å². The Morgan fingerprint density at radius 2 is 2.32 bits per heavy atom. The monoisotopic (exact) mass is 358 g/mol. The molecule has 0 radical (unpaired) electrons. The van der Waals surface area contributed by atoms with E-state index in [1.54, 1.807) is 6.20 Å². The van der Waals surface area contributed by atoms with Gasteiger partial charge < -0.3 is 9.64 Å². The van der Waals surface area contributed by atoms with Gasteiger partial charge in [0.25, 0.3) is 0 Å². The van der Waals surface area contributed by atoms with Gasteiger partial charge >= 0.3 is 0 Å². The fourth-order valence-electron chi connectivity index (χ4n) is 4.02. The molecule has 5 heteroatoms. The highest BCUT2D eigenvalue weighted by Gasteiger charge is 2.50. The number of rotatable bonds is 5. The summed E-state index contributed by atoms with van der Waals surface area (Å²) in [4.78, 5) is 18.6. The molecule has 0 saturated carbocycles. The maximum Gasteiger partial charge on any atom is 0.226 e. The summed E-state index contributed by atoms with van der Waals surface area (Å²) in [5.41, 5.74) is 2.48. The molecule has 1 amide bonds. The average Bonchev–Trinajstić information content (AvgIpc) is 3.05. The number of ether oxygens (including phenoxy) is 1. The van der Waals surface area contributed by atoms with Crippen LogP contribution in [0.4, 0.5) is 0 Å². The lowest BCUT2D eigenvalue weighted by molar-refractivity contribution is -0.136. The van der Waals surface area contributed by atoms with Gasteiger partial charge in [0.2, 0.25) is 5.91 Å². The summed E-state index contributed by atoms with van der Waals surface area (Å²) in [5, 5.41) is 0. The van der Waals surface area contributed by atoms with Crippen LogP contribution in [0.15, 0.2) is 36.2 Å². The largest absolute Gasteiger partial charge is 0.373 e. The zero-order valence-corrected chi connectivity index (χ0v) is 15.5. The highest BCUT2D eigenvalue weighted by molar-refractivity contribution is 8.01. The minimum Gasteiger partial charge on any atom is -0.373 e. The fourth-order valence-corrected chi connectivity index (χ4v) is 5.58. The summed E-state index contributed by atoms with van der Waals surface area (Å²) in [6, 6.07) is 4.00. The van der Waals surface area contributed by atoms with Crippen LogP contribution in [-0.2, 0) is 16.1 Å². The molecule has 2 fully saturated rings. The minimum absolute atomic E-state index is 0.246. The van der Waals surface area contributed by atoms with E-state index in [0.717, 1.165) is 43.7 Å². The molecule has 0 aromatic carbocycles. The standard InChI is InChI=1S/C20H26N2O2S/c23-19(9-16-5-2-1-3-6-16)22-14-20(15-22)10-18(13-25-20)24-12-17-7-4-8-21-11-17/h4-5,7-8,11,18H,1-3,6,9-10,12-15H2. The second-order valence-corrected chi connectivity index (χ2v) is 9.02. The highest BCUT2D eigenvalue weighted by atomic mass is 32.2. The van der Waals surface area contributed by atoms with Gasteiger partial charge in [0.1, 0.15) is 0 Å². The first kappa shape index (κ1) is 17.1. The predicted octanol–water partition coefficient (Wildman–Crippen LogP) is 3.58. The van der Waals surface area contributed by atoms with Crippen LogP contribution in [0.3, 0.4) is 0 Å². The number of aromatic nitrogens is 1. The molecular formula is C20H26N2O2S. The second-order valence-electron chi connectivity index (χ2n) is 7.53. The van der Waals surface area contributed by atoms with Crippen molar-refractivity contribution in [3.8, 4) is 0 Å². The first-order valence-electron chi connectivity index (χ1n) is 9.33. The van der Waals surface area contributed by atoms with E-state index in [1.807, 2.05) is 28.9 Å². The van der Waals surface area contributed by atoms with Crippen molar-refractivity contribution in [1.29, 1.82) is 0 Å². The summed E-state index contributed by atoms with van der Waals surface area (Å²) in [6.07, 6.45) is 12.7. The smallest absolute Gasteiger partial charge is 0.226 e. The van der Waals surface area contributed by atoms with E-state index in [-0.39, 0.29) is 4.75 Å². The van der Waals surface area contributed by atoms with Crippen molar-refractivity contribution >= 4 is 17.7 Å². The summed E-state index contributed by atoms with van der Waals surface area (Å²) in [6.45, 7) is 2.43. The number of carbonyl (C=O) groups is 1. The molecule has 134 valence electrons. The van der Waals surface area contributed by atoms with E-state index in [4.69, 9.17) is 4.74 Å². The molecule has 3 heterocycles. The molecule has 25 heavy (non-hydrogen) atoms. The van der Waals surface area contributed by atoms with Crippen LogP contribution in [0.25, 0.3) is 0 Å². The van der Waals surface area contributed by atoms with Gasteiger partial charge in [0.15, 0.2) is 0 Å². The first-order valence-corrected chi connectivity index (χ1v) is 10.3. The van der Waals surface area contributed by atoms with E-state index < -0.39 is 0 Å². The van der Waals surface area contributed by atoms with Crippen LogP contribution >= 0.6 is 11.8 Å². The number of carbonyl (C=O) groups excluding carboxylic acids is 1. The van der Waals surface area contributed by atoms with Crippen molar-refractivity contribution < 1.29 is 9.53 Å². The molecule has 4 nitrogen and oxygen atoms in total. The molecule has 4 rings (SSSR count). The van der Waals surface area contributed by atoms with E-state index in [9.17, 15) is 4.79 Å². The summed E-state index contributed by atoms with van der Waals surface area (Å²) in [7, 11) is 0. The van der Waals surface area contributed by atoms with Crippen molar-refractivity contribution in [3.63, 3.8) is 0 Å². The van der Waals surface area contributed by atoms with Gasteiger partial charge in [-0.1, -0.05) is 17.7 Å². The molecule has 3 aliphatic rings. The van der Waals surface area contributed by atoms with Gasteiger partial charge in [-0.25, -0.2) is 0 Å². The Kier molecular flexibility index (Phi) is 5.13. The van der Waals surface area contributed by atoms with Crippen molar-refractivity contribution in [2.45, 2.75) is 56.0 Å². The quantitative estimate of drug-likeness (QED) is 0.755. The van der Waals surface area contributed by atoms with Gasteiger partial charge in [-0.3, -0.25) is 9.78 Å². The van der Waals surface area contributed by atoms with Crippen molar-refractivity contribution in [3.05, 3.63) is 41.7 Å². The number of pyridine rings is 1. The molecule has 0 N–H and O–H groups in total. The van der Waals surface area contributed by atoms with E-state index >= 15 is 0 Å². The zero-order chi connectivity index (χ0) is 17.1. The van der Waals surface area contributed by atoms with Gasteiger partial charge in [-0.05, 0) is 43.7 Å². The Hall–Kier alpha value is -1.33. The lowest BCUT2D eigenvalue weighted by atomic mass is 9.91. The maximum absolute atomic E-state index is 12.5. The molecule has 2 aliphatic heterocycles. The number of thioether (sulfide) groups is 1. The molecule has 1 aromatic heterocycles. The predicted molar refractivity (Wildman–Crippen MR) is 100 cm³/mol. The third-order valence-corrected chi connectivity index (χ3v) is 7.03. The maximum atomic E-state index is 12.5. The molecule has 1 unspecified atom stereocenters. The highest BCUT2D eigenvalue weighted by Crippen LogP contribution is 2.46. The number of hydrogen-bond donors (Lipinski definition) is 0. The molecule has 1 aromatic rings. The van der Waals surface area contributed by atoms with Gasteiger partial charge in [0.05, 0.1) is 17.5 Å². The number of allylic oxidation sites excluding steroid dienone is 1. The summed E-state index contributed by atoms with van der Waals surface area (Å²) in [5.74, 6) is 1.35. The van der Waals surface area contributed by atoms with Gasteiger partial charge in [-0.2, -0.15) is 0 Å². The fraction of sp³-hybridized carbons (Fsp3) is 0.600. The minimum atomic E-state index is 0.246. The molecular weight excluding hydrogens is 332 g/mol. The van der Waals surface area contributed by atoms with Crippen LogP contribution in [-0.4, -0.2) is 45.5 Å². The lowest BCUT2D eigenvalue weighted by Gasteiger charge is -2.47. The van der Waals surface area contributed by atoms with Crippen LogP contribution in [0, 0.1) is 0 Å². The van der Waals surface area contributed by atoms with Gasteiger partial charge in [0, 0.05) is 37.7 Å². The SMILES string of the molecule is O=C(CC1=CCCCC1)N1CC2(CC(OCc3cccnc3)CS2)C1. The van der Waals surface area contributed by atoms with Crippen LogP contribution < -0.4 is 0 Å². The average molecular weight is 359 g/mol. The third-order valence-electron chi connectivity index (χ3n) is 5.46. The molecule has 1 spiro atoms. The molecule has 1 aliphatic carbocycles. The van der Waals surface area contributed by atoms with E-state index in [0.29, 0.717) is 25.0 Å². The Balaban J connectivity index is 1.21. The number of hydrogen-bond acceptors (Lipinski definition) is 4. The van der Waals surface area contributed by atoms with Crippen molar-refractivity contribution in [2.75, 3.05) is 18.8 Å². The van der Waals surface area contributed by atoms with Gasteiger partial charge in [-0.15, -0.1) is 11.8 Å². The lowest BCUT2D eigenvalue weighted by Crippen LogP contribution is -2.60. The van der Waals surface area contributed by atoms with Crippen molar-refractivity contribution in [2.24, 2.45) is 0 Å². The Morgan fingerprint density at radius 3 is 3.08 bits per heavy atom. The van der Waals surface area contributed by atoms with Crippen LogP contribution in [0.2, 0.25) is 0 Å². The number of amides is 1. The van der Waals surface area contributed by atoms with Crippen molar-refractivity contribution in [1.82, 2.24) is 9.88 Å². The first-order chi connectivity index (χ1) is 12.2. The second kappa shape index (κ2) is 7.50. The normalized spacial score (nSPS) is 24.9. The Bertz CT molecular complexity index is 640. The van der Waals surface area contributed by atoms with E-state index in [1.165, 1.54) is 18.4 Å². The topological polar surface area (TPSA) is 42.4 Å². The Labute approximate surface area is 154 Å². The molecule has 0 bridgehead atoms.